The van der Waals surface area contributed by atoms with E-state index in [1.54, 1.807) is 53.7 Å². The predicted octanol–water partition coefficient (Wildman–Crippen LogP) is 5.07. The Morgan fingerprint density at radius 3 is 2.50 bits per heavy atom. The van der Waals surface area contributed by atoms with Crippen LogP contribution in [0.3, 0.4) is 0 Å². The Morgan fingerprint density at radius 2 is 1.82 bits per heavy atom. The molecule has 2 aromatic heterocycles. The highest BCUT2D eigenvalue weighted by Crippen LogP contribution is 2.36. The second kappa shape index (κ2) is 10.4. The maximum atomic E-state index is 15.5. The summed E-state index contributed by atoms with van der Waals surface area (Å²) in [5.74, 6) is 5.55. The van der Waals surface area contributed by atoms with Gasteiger partial charge in [0, 0.05) is 48.3 Å². The third-order valence-corrected chi connectivity index (χ3v) is 7.65. The van der Waals surface area contributed by atoms with E-state index in [1.807, 2.05) is 13.0 Å². The Balaban J connectivity index is 1.24. The number of piperazine rings is 1. The molecule has 6 rings (SSSR count). The van der Waals surface area contributed by atoms with Gasteiger partial charge in [0.2, 0.25) is 0 Å². The number of rotatable bonds is 4. The van der Waals surface area contributed by atoms with Gasteiger partial charge in [0.25, 0.3) is 5.91 Å². The van der Waals surface area contributed by atoms with E-state index in [0.29, 0.717) is 42.0 Å². The number of halogens is 2. The average molecular weight is 536 g/mol. The summed E-state index contributed by atoms with van der Waals surface area (Å²) >= 11 is 0. The number of likely N-dealkylation sites (tertiary alicyclic amines) is 1. The minimum absolute atomic E-state index is 0.0151. The third-order valence-electron chi connectivity index (χ3n) is 7.65. The molecule has 2 bridgehead atoms. The number of aromatic nitrogens is 2. The van der Waals surface area contributed by atoms with Crippen LogP contribution in [0.2, 0.25) is 0 Å². The summed E-state index contributed by atoms with van der Waals surface area (Å²) in [6, 6.07) is 16.5. The molecule has 2 fully saturated rings. The SMILES string of the molecule is CCc1nccc(-c2ccc(C(=O)N3C[C@@H]4CC3CN4c3ccc(F)cc3)c(F)c2)c1C#Cc1ccc(N)nc1. The molecule has 1 amide bonds. The highest BCUT2D eigenvalue weighted by Gasteiger charge is 2.45. The number of amides is 1. The van der Waals surface area contributed by atoms with Crippen LogP contribution in [0, 0.1) is 23.5 Å². The Bertz CT molecular complexity index is 1640. The fourth-order valence-electron chi connectivity index (χ4n) is 5.64. The second-order valence-electron chi connectivity index (χ2n) is 10.1. The Kier molecular flexibility index (Phi) is 6.64. The van der Waals surface area contributed by atoms with Crippen LogP contribution in [0.15, 0.2) is 73.1 Å². The van der Waals surface area contributed by atoms with Crippen molar-refractivity contribution in [1.29, 1.82) is 0 Å². The van der Waals surface area contributed by atoms with Crippen molar-refractivity contribution >= 4 is 17.4 Å². The van der Waals surface area contributed by atoms with Crippen molar-refractivity contribution in [2.45, 2.75) is 31.8 Å². The molecular weight excluding hydrogens is 508 g/mol. The fraction of sp³-hybridized carbons (Fsp3) is 0.219. The zero-order valence-corrected chi connectivity index (χ0v) is 21.9. The molecule has 2 atom stereocenters. The van der Waals surface area contributed by atoms with Crippen LogP contribution < -0.4 is 10.6 Å². The van der Waals surface area contributed by atoms with E-state index < -0.39 is 5.82 Å². The Hall–Kier alpha value is -4.77. The van der Waals surface area contributed by atoms with Crippen LogP contribution in [0.5, 0.6) is 0 Å². The number of nitrogens with zero attached hydrogens (tertiary/aromatic N) is 4. The number of fused-ring (bicyclic) bond motifs is 2. The third kappa shape index (κ3) is 4.75. The van der Waals surface area contributed by atoms with Gasteiger partial charge in [-0.3, -0.25) is 9.78 Å². The van der Waals surface area contributed by atoms with Crippen molar-refractivity contribution in [1.82, 2.24) is 14.9 Å². The molecule has 2 saturated heterocycles. The zero-order chi connectivity index (χ0) is 27.8. The van der Waals surface area contributed by atoms with E-state index >= 15 is 4.39 Å². The zero-order valence-electron chi connectivity index (χ0n) is 21.9. The van der Waals surface area contributed by atoms with E-state index in [0.717, 1.165) is 23.4 Å². The number of nitrogen functional groups attached to an aromatic ring is 1. The van der Waals surface area contributed by atoms with Gasteiger partial charge in [-0.25, -0.2) is 13.8 Å². The van der Waals surface area contributed by atoms with Crippen LogP contribution in [-0.2, 0) is 6.42 Å². The number of carbonyl (C=O) groups is 1. The van der Waals surface area contributed by atoms with E-state index in [4.69, 9.17) is 5.73 Å². The van der Waals surface area contributed by atoms with E-state index in [9.17, 15) is 9.18 Å². The Labute approximate surface area is 231 Å². The molecule has 0 spiro atoms. The molecular formula is C32H27F2N5O. The standard InChI is InChI=1S/C32H27F2N5O/c1-2-30-27(10-3-20-4-12-31(35)37-17-20)26(13-14-36-30)21-5-11-28(29(34)15-21)32(40)39-19-24-16-25(39)18-38(24)23-8-6-22(33)7-9-23/h4-9,11-15,17,24-25H,2,16,18-19H2,1H3,(H2,35,37)/t24-,25?/m0/s1. The smallest absolute Gasteiger partial charge is 0.257 e. The number of carbonyl (C=O) groups excluding carboxylic acids is 1. The van der Waals surface area contributed by atoms with Crippen LogP contribution in [-0.4, -0.2) is 45.9 Å². The highest BCUT2D eigenvalue weighted by atomic mass is 19.1. The topological polar surface area (TPSA) is 75.4 Å². The molecule has 8 heteroatoms. The lowest BCUT2D eigenvalue weighted by molar-refractivity contribution is 0.0721. The van der Waals surface area contributed by atoms with E-state index in [2.05, 4.69) is 26.7 Å². The summed E-state index contributed by atoms with van der Waals surface area (Å²) in [4.78, 5) is 25.9. The molecule has 1 unspecified atom stereocenters. The molecule has 0 saturated carbocycles. The molecule has 2 N–H and O–H groups in total. The molecule has 6 nitrogen and oxygen atoms in total. The maximum Gasteiger partial charge on any atom is 0.257 e. The molecule has 0 aliphatic carbocycles. The number of anilines is 2. The predicted molar refractivity (Wildman–Crippen MR) is 151 cm³/mol. The lowest BCUT2D eigenvalue weighted by atomic mass is 9.96. The highest BCUT2D eigenvalue weighted by molar-refractivity contribution is 5.96. The minimum Gasteiger partial charge on any atom is -0.384 e. The first-order chi connectivity index (χ1) is 19.4. The summed E-state index contributed by atoms with van der Waals surface area (Å²) in [7, 11) is 0. The minimum atomic E-state index is -0.572. The van der Waals surface area contributed by atoms with Crippen LogP contribution in [0.25, 0.3) is 11.1 Å². The van der Waals surface area contributed by atoms with Gasteiger partial charge in [-0.15, -0.1) is 0 Å². The van der Waals surface area contributed by atoms with Gasteiger partial charge < -0.3 is 15.5 Å². The quantitative estimate of drug-likeness (QED) is 0.370. The molecule has 40 heavy (non-hydrogen) atoms. The summed E-state index contributed by atoms with van der Waals surface area (Å²) in [5.41, 5.74) is 10.2. The van der Waals surface area contributed by atoms with Crippen LogP contribution in [0.4, 0.5) is 20.3 Å². The summed E-state index contributed by atoms with van der Waals surface area (Å²) < 4.78 is 28.8. The normalized spacial score (nSPS) is 17.6. The number of hydrogen-bond donors (Lipinski definition) is 1. The molecule has 200 valence electrons. The summed E-state index contributed by atoms with van der Waals surface area (Å²) in [6.07, 6.45) is 4.76. The van der Waals surface area contributed by atoms with E-state index in [-0.39, 0.29) is 29.4 Å². The van der Waals surface area contributed by atoms with Gasteiger partial charge >= 0.3 is 0 Å². The fourth-order valence-corrected chi connectivity index (χ4v) is 5.64. The van der Waals surface area contributed by atoms with Gasteiger partial charge in [0.05, 0.1) is 22.9 Å². The van der Waals surface area contributed by atoms with Gasteiger partial charge in [0.1, 0.15) is 17.5 Å². The van der Waals surface area contributed by atoms with Crippen molar-refractivity contribution in [3.63, 3.8) is 0 Å². The molecule has 0 radical (unpaired) electrons. The van der Waals surface area contributed by atoms with Crippen LogP contribution >= 0.6 is 0 Å². The van der Waals surface area contributed by atoms with Crippen molar-refractivity contribution in [2.75, 3.05) is 23.7 Å². The van der Waals surface area contributed by atoms with Crippen molar-refractivity contribution in [3.8, 4) is 23.0 Å². The number of benzene rings is 2. The van der Waals surface area contributed by atoms with Gasteiger partial charge in [-0.1, -0.05) is 24.8 Å². The number of nitrogens with two attached hydrogens (primary N) is 1. The maximum absolute atomic E-state index is 15.5. The van der Waals surface area contributed by atoms with Gasteiger partial charge in [-0.2, -0.15) is 0 Å². The first kappa shape index (κ1) is 25.5. The van der Waals surface area contributed by atoms with Gasteiger partial charge in [0.15, 0.2) is 0 Å². The first-order valence-electron chi connectivity index (χ1n) is 13.3. The molecule has 2 aromatic carbocycles. The Morgan fingerprint density at radius 1 is 1.00 bits per heavy atom. The lowest BCUT2D eigenvalue weighted by Crippen LogP contribution is -2.49. The lowest BCUT2D eigenvalue weighted by Gasteiger charge is -2.35. The largest absolute Gasteiger partial charge is 0.384 e. The molecule has 2 aliphatic rings. The molecule has 4 aromatic rings. The summed E-state index contributed by atoms with van der Waals surface area (Å²) in [5, 5.41) is 0. The number of aryl methyl sites for hydroxylation is 1. The molecule has 4 heterocycles. The number of pyridine rings is 2. The van der Waals surface area contributed by atoms with Crippen molar-refractivity contribution in [2.24, 2.45) is 0 Å². The van der Waals surface area contributed by atoms with Crippen LogP contribution in [0.1, 0.15) is 40.5 Å². The van der Waals surface area contributed by atoms with E-state index in [1.165, 1.54) is 18.2 Å². The number of hydrogen-bond acceptors (Lipinski definition) is 5. The average Bonchev–Trinajstić information content (AvgIpc) is 3.58. The first-order valence-corrected chi connectivity index (χ1v) is 13.3. The summed E-state index contributed by atoms with van der Waals surface area (Å²) in [6.45, 7) is 3.14. The monoisotopic (exact) mass is 535 g/mol. The molecule has 2 aliphatic heterocycles. The van der Waals surface area contributed by atoms with Crippen molar-refractivity contribution in [3.05, 3.63) is 107 Å². The van der Waals surface area contributed by atoms with Crippen molar-refractivity contribution < 1.29 is 13.6 Å². The van der Waals surface area contributed by atoms with Gasteiger partial charge in [-0.05, 0) is 73.0 Å². The second-order valence-corrected chi connectivity index (χ2v) is 10.1.